The Morgan fingerprint density at radius 3 is 2.43 bits per heavy atom. The fourth-order valence-electron chi connectivity index (χ4n) is 2.18. The predicted molar refractivity (Wildman–Crippen MR) is 110 cm³/mol. The highest BCUT2D eigenvalue weighted by Crippen LogP contribution is 2.20. The van der Waals surface area contributed by atoms with Crippen LogP contribution in [0.1, 0.15) is 6.92 Å². The fourth-order valence-corrected chi connectivity index (χ4v) is 4.09. The lowest BCUT2D eigenvalue weighted by Crippen LogP contribution is -2.30. The van der Waals surface area contributed by atoms with E-state index in [-0.39, 0.29) is 15.9 Å². The van der Waals surface area contributed by atoms with Crippen molar-refractivity contribution >= 4 is 49.7 Å². The third-order valence-corrected chi connectivity index (χ3v) is 6.01. The molecule has 0 saturated carbocycles. The largest absolute Gasteiger partial charge is 0.481 e. The van der Waals surface area contributed by atoms with Crippen molar-refractivity contribution in [3.63, 3.8) is 0 Å². The number of hydrogen-bond acceptors (Lipinski definition) is 6. The van der Waals surface area contributed by atoms with E-state index in [1.807, 2.05) is 0 Å². The topological polar surface area (TPSA) is 97.4 Å². The van der Waals surface area contributed by atoms with Gasteiger partial charge in [0, 0.05) is 22.3 Å². The van der Waals surface area contributed by atoms with Gasteiger partial charge in [0.2, 0.25) is 0 Å². The molecular formula is C18H16ClN3O4S2. The van der Waals surface area contributed by atoms with Gasteiger partial charge in [0.15, 0.2) is 11.2 Å². The third kappa shape index (κ3) is 5.22. The minimum Gasteiger partial charge on any atom is -0.481 e. The van der Waals surface area contributed by atoms with Gasteiger partial charge in [-0.05, 0) is 55.5 Å². The summed E-state index contributed by atoms with van der Waals surface area (Å²) < 4.78 is 32.6. The Hall–Kier alpha value is -2.62. The fraction of sp³-hybridized carbons (Fsp3) is 0.111. The molecule has 3 rings (SSSR count). The average molecular weight is 438 g/mol. The van der Waals surface area contributed by atoms with Crippen molar-refractivity contribution in [1.82, 2.24) is 4.98 Å². The molecule has 1 amide bonds. The molecule has 0 aliphatic heterocycles. The van der Waals surface area contributed by atoms with Crippen LogP contribution in [-0.2, 0) is 14.8 Å². The maximum absolute atomic E-state index is 12.3. The SMILES string of the molecule is C[C@@H](Oc1ccc(Cl)cc1)C(=O)Nc1ccc(S(=O)(=O)Nc2nccs2)cc1. The van der Waals surface area contributed by atoms with E-state index in [0.29, 0.717) is 16.5 Å². The summed E-state index contributed by atoms with van der Waals surface area (Å²) in [5.74, 6) is 0.146. The molecule has 146 valence electrons. The Kier molecular flexibility index (Phi) is 6.18. The van der Waals surface area contributed by atoms with Crippen LogP contribution >= 0.6 is 22.9 Å². The number of sulfonamides is 1. The van der Waals surface area contributed by atoms with Crippen molar-refractivity contribution < 1.29 is 17.9 Å². The molecule has 7 nitrogen and oxygen atoms in total. The monoisotopic (exact) mass is 437 g/mol. The average Bonchev–Trinajstić information content (AvgIpc) is 3.16. The van der Waals surface area contributed by atoms with Crippen molar-refractivity contribution in [1.29, 1.82) is 0 Å². The molecule has 10 heteroatoms. The molecule has 1 aromatic heterocycles. The Labute approximate surface area is 171 Å². The highest BCUT2D eigenvalue weighted by Gasteiger charge is 2.17. The number of amides is 1. The normalized spacial score (nSPS) is 12.2. The van der Waals surface area contributed by atoms with E-state index >= 15 is 0 Å². The summed E-state index contributed by atoms with van der Waals surface area (Å²) in [6.45, 7) is 1.61. The molecule has 0 spiro atoms. The molecule has 3 aromatic rings. The Morgan fingerprint density at radius 2 is 1.82 bits per heavy atom. The number of carbonyl (C=O) groups is 1. The van der Waals surface area contributed by atoms with E-state index in [9.17, 15) is 13.2 Å². The number of hydrogen-bond donors (Lipinski definition) is 2. The second-order valence-electron chi connectivity index (χ2n) is 5.67. The molecule has 2 aromatic carbocycles. The summed E-state index contributed by atoms with van der Waals surface area (Å²) in [6, 6.07) is 12.5. The van der Waals surface area contributed by atoms with Gasteiger partial charge in [-0.1, -0.05) is 11.6 Å². The molecule has 0 aliphatic rings. The lowest BCUT2D eigenvalue weighted by atomic mass is 10.3. The molecule has 2 N–H and O–H groups in total. The first kappa shape index (κ1) is 20.1. The lowest BCUT2D eigenvalue weighted by Gasteiger charge is -2.15. The van der Waals surface area contributed by atoms with Crippen LogP contribution < -0.4 is 14.8 Å². The standard InChI is InChI=1S/C18H16ClN3O4S2/c1-12(26-15-6-2-13(19)3-7-15)17(23)21-14-4-8-16(9-5-14)28(24,25)22-18-20-10-11-27-18/h2-12H,1H3,(H,20,22)(H,21,23)/t12-/m1/s1. The Bertz CT molecular complexity index is 1040. The quantitative estimate of drug-likeness (QED) is 0.582. The van der Waals surface area contributed by atoms with E-state index in [0.717, 1.165) is 0 Å². The van der Waals surface area contributed by atoms with Crippen LogP contribution in [0.2, 0.25) is 5.02 Å². The Morgan fingerprint density at radius 1 is 1.14 bits per heavy atom. The summed E-state index contributed by atoms with van der Waals surface area (Å²) in [7, 11) is -3.74. The smallest absolute Gasteiger partial charge is 0.265 e. The predicted octanol–water partition coefficient (Wildman–Crippen LogP) is 4.00. The Balaban J connectivity index is 1.61. The number of anilines is 2. The number of ether oxygens (including phenoxy) is 1. The molecule has 0 aliphatic carbocycles. The van der Waals surface area contributed by atoms with Crippen LogP contribution in [0.3, 0.4) is 0 Å². The van der Waals surface area contributed by atoms with Gasteiger partial charge in [-0.2, -0.15) is 0 Å². The highest BCUT2D eigenvalue weighted by molar-refractivity contribution is 7.93. The van der Waals surface area contributed by atoms with Crippen molar-refractivity contribution in [2.75, 3.05) is 10.0 Å². The van der Waals surface area contributed by atoms with Crippen molar-refractivity contribution in [2.45, 2.75) is 17.9 Å². The van der Waals surface area contributed by atoms with Gasteiger partial charge in [0.1, 0.15) is 5.75 Å². The number of carbonyl (C=O) groups excluding carboxylic acids is 1. The zero-order valence-electron chi connectivity index (χ0n) is 14.6. The van der Waals surface area contributed by atoms with Gasteiger partial charge in [0.25, 0.3) is 15.9 Å². The lowest BCUT2D eigenvalue weighted by molar-refractivity contribution is -0.122. The number of rotatable bonds is 7. The van der Waals surface area contributed by atoms with Gasteiger partial charge in [-0.3, -0.25) is 9.52 Å². The molecular weight excluding hydrogens is 422 g/mol. The second-order valence-corrected chi connectivity index (χ2v) is 8.68. The van der Waals surface area contributed by atoms with E-state index < -0.39 is 16.1 Å². The first-order valence-corrected chi connectivity index (χ1v) is 10.8. The molecule has 28 heavy (non-hydrogen) atoms. The minimum atomic E-state index is -3.74. The van der Waals surface area contributed by atoms with Crippen molar-refractivity contribution in [2.24, 2.45) is 0 Å². The molecule has 1 heterocycles. The van der Waals surface area contributed by atoms with E-state index in [1.165, 1.54) is 41.8 Å². The van der Waals surface area contributed by atoms with Gasteiger partial charge >= 0.3 is 0 Å². The zero-order valence-corrected chi connectivity index (χ0v) is 17.0. The van der Waals surface area contributed by atoms with E-state index in [1.54, 1.807) is 36.6 Å². The number of halogens is 1. The summed E-state index contributed by atoms with van der Waals surface area (Å²) in [6.07, 6.45) is 0.755. The molecule has 0 saturated heterocycles. The van der Waals surface area contributed by atoms with E-state index in [2.05, 4.69) is 15.0 Å². The van der Waals surface area contributed by atoms with Crippen LogP contribution in [0, 0.1) is 0 Å². The molecule has 0 radical (unpaired) electrons. The van der Waals surface area contributed by atoms with Crippen molar-refractivity contribution in [3.05, 3.63) is 65.1 Å². The van der Waals surface area contributed by atoms with Crippen LogP contribution in [0.25, 0.3) is 0 Å². The van der Waals surface area contributed by atoms with Crippen LogP contribution in [0.4, 0.5) is 10.8 Å². The summed E-state index contributed by atoms with van der Waals surface area (Å²) >= 11 is 7.00. The van der Waals surface area contributed by atoms with Gasteiger partial charge in [-0.25, -0.2) is 13.4 Å². The number of nitrogens with zero attached hydrogens (tertiary/aromatic N) is 1. The second kappa shape index (κ2) is 8.59. The maximum atomic E-state index is 12.3. The summed E-state index contributed by atoms with van der Waals surface area (Å²) in [5.41, 5.74) is 0.449. The first-order chi connectivity index (χ1) is 13.3. The number of benzene rings is 2. The van der Waals surface area contributed by atoms with Gasteiger partial charge < -0.3 is 10.1 Å². The molecule has 0 fully saturated rings. The van der Waals surface area contributed by atoms with Crippen LogP contribution in [-0.4, -0.2) is 25.4 Å². The summed E-state index contributed by atoms with van der Waals surface area (Å²) in [5, 5.41) is 5.21. The zero-order chi connectivity index (χ0) is 20.1. The molecule has 0 bridgehead atoms. The van der Waals surface area contributed by atoms with Crippen LogP contribution in [0.15, 0.2) is 65.0 Å². The van der Waals surface area contributed by atoms with E-state index in [4.69, 9.17) is 16.3 Å². The number of nitrogens with one attached hydrogen (secondary N) is 2. The molecule has 0 unspecified atom stereocenters. The van der Waals surface area contributed by atoms with Gasteiger partial charge in [-0.15, -0.1) is 11.3 Å². The molecule has 1 atom stereocenters. The number of aromatic nitrogens is 1. The maximum Gasteiger partial charge on any atom is 0.265 e. The third-order valence-electron chi connectivity index (χ3n) is 3.58. The van der Waals surface area contributed by atoms with Gasteiger partial charge in [0.05, 0.1) is 4.90 Å². The first-order valence-electron chi connectivity index (χ1n) is 8.09. The van der Waals surface area contributed by atoms with Crippen molar-refractivity contribution in [3.8, 4) is 5.75 Å². The van der Waals surface area contributed by atoms with Crippen LogP contribution in [0.5, 0.6) is 5.75 Å². The highest BCUT2D eigenvalue weighted by atomic mass is 35.5. The summed E-state index contributed by atoms with van der Waals surface area (Å²) in [4.78, 5) is 16.2. The minimum absolute atomic E-state index is 0.0613. The number of thiazole rings is 1.